The van der Waals surface area contributed by atoms with Crippen LogP contribution in [0, 0.1) is 5.92 Å². The number of allylic oxidation sites excluding steroid dienone is 1. The van der Waals surface area contributed by atoms with Crippen molar-refractivity contribution in [3.05, 3.63) is 33.4 Å². The number of carbonyl (C=O) groups is 2. The fraction of sp³-hybridized carbons (Fsp3) is 0.474. The van der Waals surface area contributed by atoms with Crippen molar-refractivity contribution < 1.29 is 23.8 Å². The van der Waals surface area contributed by atoms with Crippen LogP contribution < -0.4 is 20.1 Å². The molecule has 27 heavy (non-hydrogen) atoms. The number of ether oxygens (including phenoxy) is 3. The third-order valence-corrected chi connectivity index (χ3v) is 4.92. The van der Waals surface area contributed by atoms with Gasteiger partial charge in [0, 0.05) is 10.2 Å². The first kappa shape index (κ1) is 21.1. The fourth-order valence-electron chi connectivity index (χ4n) is 2.75. The van der Waals surface area contributed by atoms with Gasteiger partial charge < -0.3 is 24.8 Å². The molecule has 8 heteroatoms. The molecule has 148 valence electrons. The highest BCUT2D eigenvalue weighted by Gasteiger charge is 2.34. The monoisotopic (exact) mass is 440 g/mol. The highest BCUT2D eigenvalue weighted by atomic mass is 79.9. The summed E-state index contributed by atoms with van der Waals surface area (Å²) in [5.74, 6) is 0.990. The Bertz CT molecular complexity index is 761. The van der Waals surface area contributed by atoms with Gasteiger partial charge in [-0.2, -0.15) is 0 Å². The summed E-state index contributed by atoms with van der Waals surface area (Å²) in [6.45, 7) is 6.12. The van der Waals surface area contributed by atoms with Crippen molar-refractivity contribution in [1.29, 1.82) is 0 Å². The molecule has 1 aliphatic heterocycles. The molecule has 0 bridgehead atoms. The number of nitrogens with one attached hydrogen (secondary N) is 2. The molecular formula is C19H25BrN2O5. The van der Waals surface area contributed by atoms with Crippen LogP contribution >= 0.6 is 15.9 Å². The zero-order valence-corrected chi connectivity index (χ0v) is 17.7. The third-order valence-electron chi connectivity index (χ3n) is 4.23. The van der Waals surface area contributed by atoms with E-state index in [1.807, 2.05) is 0 Å². The van der Waals surface area contributed by atoms with E-state index in [2.05, 4.69) is 40.4 Å². The quantitative estimate of drug-likeness (QED) is 0.631. The summed E-state index contributed by atoms with van der Waals surface area (Å²) in [6, 6.07) is 2.39. The van der Waals surface area contributed by atoms with Gasteiger partial charge in [0.15, 0.2) is 11.5 Å². The van der Waals surface area contributed by atoms with Crippen molar-refractivity contribution in [2.24, 2.45) is 5.92 Å². The normalized spacial score (nSPS) is 16.7. The summed E-state index contributed by atoms with van der Waals surface area (Å²) in [7, 11) is 3.07. The lowest BCUT2D eigenvalue weighted by molar-refractivity contribution is -0.139. The largest absolute Gasteiger partial charge is 0.493 e. The van der Waals surface area contributed by atoms with Crippen molar-refractivity contribution >= 4 is 27.9 Å². The SMILES string of the molecule is COc1cc(Br)c([C@H]2NC(=O)NC(C)=C2C(=O)OCCC(C)C)cc1OC. The molecule has 0 spiro atoms. The van der Waals surface area contributed by atoms with Gasteiger partial charge in [-0.05, 0) is 37.0 Å². The number of carbonyl (C=O) groups excluding carboxylic acids is 2. The average molecular weight is 441 g/mol. The van der Waals surface area contributed by atoms with E-state index in [1.165, 1.54) is 14.2 Å². The van der Waals surface area contributed by atoms with E-state index >= 15 is 0 Å². The Morgan fingerprint density at radius 3 is 2.44 bits per heavy atom. The van der Waals surface area contributed by atoms with Crippen LogP contribution in [0.4, 0.5) is 4.79 Å². The lowest BCUT2D eigenvalue weighted by atomic mass is 9.95. The second-order valence-corrected chi connectivity index (χ2v) is 7.47. The van der Waals surface area contributed by atoms with Gasteiger partial charge in [0.25, 0.3) is 0 Å². The van der Waals surface area contributed by atoms with Crippen molar-refractivity contribution in [2.45, 2.75) is 33.2 Å². The smallest absolute Gasteiger partial charge is 0.338 e. The second kappa shape index (κ2) is 9.12. The van der Waals surface area contributed by atoms with Crippen molar-refractivity contribution in [1.82, 2.24) is 10.6 Å². The molecular weight excluding hydrogens is 416 g/mol. The molecule has 0 saturated carbocycles. The maximum absolute atomic E-state index is 12.7. The number of rotatable bonds is 7. The van der Waals surface area contributed by atoms with Gasteiger partial charge in [-0.15, -0.1) is 0 Å². The number of methoxy groups -OCH3 is 2. The average Bonchev–Trinajstić information content (AvgIpc) is 2.60. The standard InChI is InChI=1S/C19H25BrN2O5/c1-10(2)6-7-27-18(23)16-11(3)21-19(24)22-17(16)12-8-14(25-4)15(26-5)9-13(12)20/h8-10,17H,6-7H2,1-5H3,(H2,21,22,24)/t17-/m1/s1. The fourth-order valence-corrected chi connectivity index (χ4v) is 3.31. The van der Waals surface area contributed by atoms with E-state index in [-0.39, 0.29) is 0 Å². The van der Waals surface area contributed by atoms with Gasteiger partial charge in [-0.25, -0.2) is 9.59 Å². The first-order valence-corrected chi connectivity index (χ1v) is 9.44. The lowest BCUT2D eigenvalue weighted by Gasteiger charge is -2.29. The minimum Gasteiger partial charge on any atom is -0.493 e. The third kappa shape index (κ3) is 4.94. The van der Waals surface area contributed by atoms with Crippen molar-refractivity contribution in [3.63, 3.8) is 0 Å². The molecule has 0 aromatic heterocycles. The molecule has 1 atom stereocenters. The van der Waals surface area contributed by atoms with Gasteiger partial charge in [0.05, 0.1) is 32.4 Å². The van der Waals surface area contributed by atoms with Gasteiger partial charge in [-0.1, -0.05) is 29.8 Å². The Morgan fingerprint density at radius 2 is 1.85 bits per heavy atom. The zero-order valence-electron chi connectivity index (χ0n) is 16.1. The summed E-state index contributed by atoms with van der Waals surface area (Å²) in [5, 5.41) is 5.43. The maximum Gasteiger partial charge on any atom is 0.338 e. The molecule has 1 aliphatic rings. The molecule has 2 rings (SSSR count). The molecule has 2 amide bonds. The maximum atomic E-state index is 12.7. The van der Waals surface area contributed by atoms with Crippen LogP contribution in [0.1, 0.15) is 38.8 Å². The van der Waals surface area contributed by atoms with Gasteiger partial charge >= 0.3 is 12.0 Å². The van der Waals surface area contributed by atoms with E-state index in [1.54, 1.807) is 19.1 Å². The predicted molar refractivity (Wildman–Crippen MR) is 105 cm³/mol. The summed E-state index contributed by atoms with van der Waals surface area (Å²) >= 11 is 3.49. The number of benzene rings is 1. The molecule has 0 unspecified atom stereocenters. The second-order valence-electron chi connectivity index (χ2n) is 6.62. The minimum atomic E-state index is -0.681. The molecule has 0 aliphatic carbocycles. The number of esters is 1. The number of hydrogen-bond donors (Lipinski definition) is 2. The lowest BCUT2D eigenvalue weighted by Crippen LogP contribution is -2.45. The number of urea groups is 1. The Labute approximate surface area is 167 Å². The molecule has 0 radical (unpaired) electrons. The molecule has 7 nitrogen and oxygen atoms in total. The Morgan fingerprint density at radius 1 is 1.22 bits per heavy atom. The predicted octanol–water partition coefficient (Wildman–Crippen LogP) is 3.68. The Kier molecular flexibility index (Phi) is 7.12. The summed E-state index contributed by atoms with van der Waals surface area (Å²) < 4.78 is 16.8. The topological polar surface area (TPSA) is 85.9 Å². The minimum absolute atomic E-state index is 0.320. The van der Waals surface area contributed by atoms with Crippen LogP contribution in [0.3, 0.4) is 0 Å². The zero-order chi connectivity index (χ0) is 20.1. The number of halogens is 1. The molecule has 1 heterocycles. The Hall–Kier alpha value is -2.22. The molecule has 1 aromatic rings. The van der Waals surface area contributed by atoms with Crippen LogP contribution in [0.2, 0.25) is 0 Å². The molecule has 1 aromatic carbocycles. The van der Waals surface area contributed by atoms with Crippen LogP contribution in [0.25, 0.3) is 0 Å². The summed E-state index contributed by atoms with van der Waals surface area (Å²) in [4.78, 5) is 24.8. The first-order chi connectivity index (χ1) is 12.8. The van der Waals surface area contributed by atoms with Crippen molar-refractivity contribution in [2.75, 3.05) is 20.8 Å². The van der Waals surface area contributed by atoms with E-state index in [9.17, 15) is 9.59 Å². The molecule has 0 saturated heterocycles. The summed E-state index contributed by atoms with van der Waals surface area (Å²) in [6.07, 6.45) is 0.766. The van der Waals surface area contributed by atoms with Gasteiger partial charge in [0.1, 0.15) is 0 Å². The molecule has 0 fully saturated rings. The van der Waals surface area contributed by atoms with Gasteiger partial charge in [-0.3, -0.25) is 0 Å². The van der Waals surface area contributed by atoms with E-state index in [0.29, 0.717) is 45.3 Å². The van der Waals surface area contributed by atoms with Crippen LogP contribution in [-0.2, 0) is 9.53 Å². The van der Waals surface area contributed by atoms with E-state index in [4.69, 9.17) is 14.2 Å². The summed E-state index contributed by atoms with van der Waals surface area (Å²) in [5.41, 5.74) is 1.48. The van der Waals surface area contributed by atoms with E-state index in [0.717, 1.165) is 6.42 Å². The number of hydrogen-bond acceptors (Lipinski definition) is 5. The Balaban J connectivity index is 2.42. The molecule has 2 N–H and O–H groups in total. The van der Waals surface area contributed by atoms with E-state index < -0.39 is 18.0 Å². The van der Waals surface area contributed by atoms with Gasteiger partial charge in [0.2, 0.25) is 0 Å². The van der Waals surface area contributed by atoms with Crippen LogP contribution in [0.15, 0.2) is 27.9 Å². The van der Waals surface area contributed by atoms with Crippen LogP contribution in [0.5, 0.6) is 11.5 Å². The highest BCUT2D eigenvalue weighted by molar-refractivity contribution is 9.10. The highest BCUT2D eigenvalue weighted by Crippen LogP contribution is 2.39. The van der Waals surface area contributed by atoms with Crippen molar-refractivity contribution in [3.8, 4) is 11.5 Å². The first-order valence-electron chi connectivity index (χ1n) is 8.65. The number of amides is 2. The van der Waals surface area contributed by atoms with Crippen LogP contribution in [-0.4, -0.2) is 32.8 Å².